The van der Waals surface area contributed by atoms with Crippen LogP contribution in [0.5, 0.6) is 0 Å². The molecule has 0 amide bonds. The fourth-order valence-electron chi connectivity index (χ4n) is 2.77. The Morgan fingerprint density at radius 3 is 2.00 bits per heavy atom. The molecule has 0 atom stereocenters. The highest BCUT2D eigenvalue weighted by molar-refractivity contribution is 7.99. The summed E-state index contributed by atoms with van der Waals surface area (Å²) in [6.45, 7) is 1.88. The summed E-state index contributed by atoms with van der Waals surface area (Å²) in [6, 6.07) is 10.3. The SMILES string of the molecule is CCc1cccc2cccc(Sc3c(F)c(F)c(S(=O)(=O)[O-])c(F)c3F)c12. The van der Waals surface area contributed by atoms with Crippen LogP contribution in [0.2, 0.25) is 0 Å². The van der Waals surface area contributed by atoms with E-state index < -0.39 is 43.2 Å². The zero-order valence-corrected chi connectivity index (χ0v) is 15.4. The summed E-state index contributed by atoms with van der Waals surface area (Å²) in [5.41, 5.74) is 0.858. The molecule has 0 heterocycles. The van der Waals surface area contributed by atoms with Gasteiger partial charge in [0.2, 0.25) is 0 Å². The molecular formula is C18H11F4O3S2-. The maximum Gasteiger partial charge on any atom is 0.180 e. The zero-order valence-electron chi connectivity index (χ0n) is 13.7. The smallest absolute Gasteiger partial charge is 0.180 e. The van der Waals surface area contributed by atoms with E-state index in [4.69, 9.17) is 0 Å². The molecule has 27 heavy (non-hydrogen) atoms. The van der Waals surface area contributed by atoms with E-state index in [9.17, 15) is 30.5 Å². The van der Waals surface area contributed by atoms with Gasteiger partial charge in [-0.2, -0.15) is 0 Å². The molecule has 0 saturated carbocycles. The summed E-state index contributed by atoms with van der Waals surface area (Å²) in [4.78, 5) is -2.89. The van der Waals surface area contributed by atoms with Crippen molar-refractivity contribution < 1.29 is 30.5 Å². The minimum atomic E-state index is -5.73. The predicted octanol–water partition coefficient (Wildman–Crippen LogP) is 5.01. The van der Waals surface area contributed by atoms with Crippen LogP contribution in [0.3, 0.4) is 0 Å². The van der Waals surface area contributed by atoms with E-state index in [0.29, 0.717) is 28.5 Å². The van der Waals surface area contributed by atoms with Crippen LogP contribution in [0.15, 0.2) is 51.1 Å². The summed E-state index contributed by atoms with van der Waals surface area (Å²) >= 11 is 0.421. The highest BCUT2D eigenvalue weighted by atomic mass is 32.2. The number of hydrogen-bond donors (Lipinski definition) is 0. The van der Waals surface area contributed by atoms with Gasteiger partial charge in [-0.3, -0.25) is 0 Å². The lowest BCUT2D eigenvalue weighted by molar-refractivity contribution is 0.381. The van der Waals surface area contributed by atoms with E-state index in [-0.39, 0.29) is 0 Å². The van der Waals surface area contributed by atoms with Gasteiger partial charge in [0.1, 0.15) is 15.0 Å². The van der Waals surface area contributed by atoms with Crippen LogP contribution in [-0.4, -0.2) is 13.0 Å². The number of fused-ring (bicyclic) bond motifs is 1. The van der Waals surface area contributed by atoms with Gasteiger partial charge in [0.15, 0.2) is 23.3 Å². The number of aryl methyl sites for hydroxylation is 1. The number of rotatable bonds is 4. The van der Waals surface area contributed by atoms with E-state index in [1.807, 2.05) is 19.1 Å². The molecule has 9 heteroatoms. The molecule has 0 aliphatic rings. The second kappa shape index (κ2) is 7.14. The molecule has 0 radical (unpaired) electrons. The lowest BCUT2D eigenvalue weighted by Crippen LogP contribution is -2.11. The average Bonchev–Trinajstić information content (AvgIpc) is 2.62. The van der Waals surface area contributed by atoms with Crippen molar-refractivity contribution >= 4 is 32.7 Å². The quantitative estimate of drug-likeness (QED) is 0.341. The second-order valence-electron chi connectivity index (χ2n) is 5.60. The van der Waals surface area contributed by atoms with E-state index in [1.54, 1.807) is 18.2 Å². The average molecular weight is 415 g/mol. The first-order valence-corrected chi connectivity index (χ1v) is 9.89. The number of benzene rings is 3. The van der Waals surface area contributed by atoms with Crippen molar-refractivity contribution in [2.45, 2.75) is 28.0 Å². The van der Waals surface area contributed by atoms with E-state index >= 15 is 0 Å². The van der Waals surface area contributed by atoms with Crippen molar-refractivity contribution in [1.29, 1.82) is 0 Å². The molecule has 0 spiro atoms. The lowest BCUT2D eigenvalue weighted by Gasteiger charge is -2.15. The molecule has 3 aromatic carbocycles. The Kier molecular flexibility index (Phi) is 5.20. The largest absolute Gasteiger partial charge is 0.744 e. The number of halogens is 4. The molecular weight excluding hydrogens is 404 g/mol. The minimum absolute atomic E-state index is 0.333. The van der Waals surface area contributed by atoms with Gasteiger partial charge in [-0.05, 0) is 28.8 Å². The number of hydrogen-bond acceptors (Lipinski definition) is 4. The predicted molar refractivity (Wildman–Crippen MR) is 91.7 cm³/mol. The molecule has 3 rings (SSSR count). The van der Waals surface area contributed by atoms with Crippen molar-refractivity contribution in [2.24, 2.45) is 0 Å². The molecule has 0 N–H and O–H groups in total. The van der Waals surface area contributed by atoms with Gasteiger partial charge in [0.05, 0.1) is 4.90 Å². The molecule has 3 aromatic rings. The van der Waals surface area contributed by atoms with Crippen molar-refractivity contribution in [3.63, 3.8) is 0 Å². The first kappa shape index (κ1) is 19.7. The first-order chi connectivity index (χ1) is 12.7. The minimum Gasteiger partial charge on any atom is -0.744 e. The maximum atomic E-state index is 14.3. The third kappa shape index (κ3) is 3.42. The van der Waals surface area contributed by atoms with Crippen LogP contribution in [0.25, 0.3) is 10.8 Å². The fraction of sp³-hybridized carbons (Fsp3) is 0.111. The highest BCUT2D eigenvalue weighted by Crippen LogP contribution is 2.40. The molecule has 0 aliphatic carbocycles. The third-order valence-electron chi connectivity index (χ3n) is 3.98. The molecule has 3 nitrogen and oxygen atoms in total. The Labute approximate surface area is 156 Å². The van der Waals surface area contributed by atoms with Crippen molar-refractivity contribution in [2.75, 3.05) is 0 Å². The summed E-state index contributed by atoms with van der Waals surface area (Å²) in [5.74, 6) is -8.33. The van der Waals surface area contributed by atoms with Gasteiger partial charge < -0.3 is 4.55 Å². The molecule has 0 fully saturated rings. The van der Waals surface area contributed by atoms with Crippen molar-refractivity contribution in [1.82, 2.24) is 0 Å². The summed E-state index contributed by atoms with van der Waals surface area (Å²) in [6.07, 6.45) is 0.607. The highest BCUT2D eigenvalue weighted by Gasteiger charge is 2.29. The Morgan fingerprint density at radius 2 is 1.48 bits per heavy atom. The summed E-state index contributed by atoms with van der Waals surface area (Å²) in [5, 5.41) is 1.42. The lowest BCUT2D eigenvalue weighted by atomic mass is 10.0. The molecule has 0 bridgehead atoms. The molecule has 0 aromatic heterocycles. The molecule has 0 unspecified atom stereocenters. The van der Waals surface area contributed by atoms with E-state index in [1.165, 1.54) is 6.07 Å². The van der Waals surface area contributed by atoms with E-state index in [2.05, 4.69) is 0 Å². The Morgan fingerprint density at radius 1 is 0.926 bits per heavy atom. The van der Waals surface area contributed by atoms with Gasteiger partial charge in [-0.1, -0.05) is 49.0 Å². The van der Waals surface area contributed by atoms with Crippen LogP contribution in [-0.2, 0) is 16.5 Å². The Hall–Kier alpha value is -2.10. The van der Waals surface area contributed by atoms with Gasteiger partial charge in [0, 0.05) is 4.90 Å². The normalized spacial score (nSPS) is 11.9. The second-order valence-corrected chi connectivity index (χ2v) is 7.96. The van der Waals surface area contributed by atoms with Crippen LogP contribution in [0.1, 0.15) is 12.5 Å². The van der Waals surface area contributed by atoms with E-state index in [0.717, 1.165) is 10.9 Å². The molecule has 0 saturated heterocycles. The first-order valence-electron chi connectivity index (χ1n) is 7.67. The fourth-order valence-corrected chi connectivity index (χ4v) is 4.47. The molecule has 142 valence electrons. The van der Waals surface area contributed by atoms with Gasteiger partial charge in [-0.15, -0.1) is 0 Å². The Bertz CT molecular complexity index is 1130. The van der Waals surface area contributed by atoms with Crippen LogP contribution >= 0.6 is 11.8 Å². The monoisotopic (exact) mass is 415 g/mol. The Balaban J connectivity index is 2.26. The zero-order chi connectivity index (χ0) is 19.9. The van der Waals surface area contributed by atoms with Gasteiger partial charge in [-0.25, -0.2) is 26.0 Å². The van der Waals surface area contributed by atoms with Crippen molar-refractivity contribution in [3.8, 4) is 0 Å². The van der Waals surface area contributed by atoms with Crippen LogP contribution in [0, 0.1) is 23.3 Å². The van der Waals surface area contributed by atoms with Crippen LogP contribution in [0.4, 0.5) is 17.6 Å². The van der Waals surface area contributed by atoms with Crippen molar-refractivity contribution in [3.05, 3.63) is 65.2 Å². The maximum absolute atomic E-state index is 14.3. The molecule has 0 aliphatic heterocycles. The summed E-state index contributed by atoms with van der Waals surface area (Å²) in [7, 11) is -5.73. The standard InChI is InChI=1S/C18H12F4O3S2/c1-2-9-5-3-6-10-7-4-8-11(12(9)10)26-17-13(19)15(21)18(27(23,24)25)16(22)14(17)20/h3-8H,2H2,1H3,(H,23,24,25)/p-1. The summed E-state index contributed by atoms with van der Waals surface area (Å²) < 4.78 is 89.4. The van der Waals surface area contributed by atoms with Gasteiger partial charge >= 0.3 is 0 Å². The topological polar surface area (TPSA) is 57.2 Å². The third-order valence-corrected chi connectivity index (χ3v) is 5.96. The van der Waals surface area contributed by atoms with Gasteiger partial charge in [0.25, 0.3) is 0 Å². The van der Waals surface area contributed by atoms with Crippen LogP contribution < -0.4 is 0 Å².